The van der Waals surface area contributed by atoms with Crippen LogP contribution in [0.15, 0.2) is 63.5 Å². The molecule has 1 N–H and O–H groups in total. The first-order valence-corrected chi connectivity index (χ1v) is 11.4. The molecule has 31 heavy (non-hydrogen) atoms. The maximum Gasteiger partial charge on any atom is 0.283 e. The highest BCUT2D eigenvalue weighted by molar-refractivity contribution is 8.27. The van der Waals surface area contributed by atoms with Crippen LogP contribution in [0.3, 0.4) is 0 Å². The summed E-state index contributed by atoms with van der Waals surface area (Å²) in [5, 5.41) is 17.8. The molecule has 0 bridgehead atoms. The third kappa shape index (κ3) is 3.37. The number of hydrogen-bond acceptors (Lipinski definition) is 5. The summed E-state index contributed by atoms with van der Waals surface area (Å²) >= 11 is 2.89. The van der Waals surface area contributed by atoms with Crippen LogP contribution in [0.2, 0.25) is 0 Å². The zero-order valence-electron chi connectivity index (χ0n) is 17.2. The van der Waals surface area contributed by atoms with E-state index < -0.39 is 5.91 Å². The first-order chi connectivity index (χ1) is 14.9. The van der Waals surface area contributed by atoms with Gasteiger partial charge < -0.3 is 4.57 Å². The fourth-order valence-electron chi connectivity index (χ4n) is 3.67. The molecule has 0 unspecified atom stereocenters. The molecule has 2 aliphatic rings. The number of aliphatic imine (C=N–C) groups is 1. The van der Waals surface area contributed by atoms with Crippen LogP contribution in [0.5, 0.6) is 0 Å². The number of rotatable bonds is 3. The van der Waals surface area contributed by atoms with E-state index >= 15 is 0 Å². The maximum atomic E-state index is 12.8. The van der Waals surface area contributed by atoms with Gasteiger partial charge in [0.05, 0.1) is 10.5 Å². The fraction of sp³-hybridized carbons (Fsp3) is 0.130. The zero-order valence-corrected chi connectivity index (χ0v) is 18.8. The molecule has 3 aromatic rings. The lowest BCUT2D eigenvalue weighted by Gasteiger charge is -2.20. The molecule has 2 aliphatic heterocycles. The molecule has 6 nitrogen and oxygen atoms in total. The molecule has 4 heterocycles. The van der Waals surface area contributed by atoms with Gasteiger partial charge in [-0.05, 0) is 73.8 Å². The molecule has 8 heteroatoms. The Bertz CT molecular complexity index is 1310. The second-order valence-electron chi connectivity index (χ2n) is 7.40. The van der Waals surface area contributed by atoms with Crippen LogP contribution >= 0.6 is 23.1 Å². The molecule has 0 fully saturated rings. The van der Waals surface area contributed by atoms with Gasteiger partial charge in [-0.25, -0.2) is 0 Å². The second-order valence-corrected chi connectivity index (χ2v) is 9.30. The van der Waals surface area contributed by atoms with Crippen molar-refractivity contribution >= 4 is 51.1 Å². The summed E-state index contributed by atoms with van der Waals surface area (Å²) in [5.41, 5.74) is 5.46. The van der Waals surface area contributed by atoms with Gasteiger partial charge in [0, 0.05) is 17.1 Å². The Morgan fingerprint density at radius 2 is 1.87 bits per heavy atom. The normalized spacial score (nSPS) is 17.3. The third-order valence-electron chi connectivity index (χ3n) is 5.25. The van der Waals surface area contributed by atoms with Crippen molar-refractivity contribution in [3.8, 4) is 5.69 Å². The SMILES string of the molecule is Cc1ccc(-n2c(C)cc(C=C3C(=N)N4N=C(c5cccs5)SC4=NC3=O)c2C)cc1. The smallest absolute Gasteiger partial charge is 0.283 e. The second kappa shape index (κ2) is 7.47. The summed E-state index contributed by atoms with van der Waals surface area (Å²) in [7, 11) is 0. The summed E-state index contributed by atoms with van der Waals surface area (Å²) in [6.07, 6.45) is 1.75. The molecular formula is C23H19N5OS2. The average Bonchev–Trinajstić information content (AvgIpc) is 3.46. The quantitative estimate of drug-likeness (QED) is 0.568. The minimum atomic E-state index is -0.411. The average molecular weight is 446 g/mol. The van der Waals surface area contributed by atoms with Crippen molar-refractivity contribution < 1.29 is 4.79 Å². The van der Waals surface area contributed by atoms with Crippen molar-refractivity contribution in [2.75, 3.05) is 0 Å². The predicted octanol–water partition coefficient (Wildman–Crippen LogP) is 5.13. The summed E-state index contributed by atoms with van der Waals surface area (Å²) < 4.78 is 2.15. The highest BCUT2D eigenvalue weighted by atomic mass is 32.2. The molecule has 0 aliphatic carbocycles. The number of hydrazone groups is 1. The summed E-state index contributed by atoms with van der Waals surface area (Å²) in [6.45, 7) is 6.12. The maximum absolute atomic E-state index is 12.8. The number of nitrogens with one attached hydrogen (secondary N) is 1. The Hall–Kier alpha value is -3.23. The highest BCUT2D eigenvalue weighted by Crippen LogP contribution is 2.33. The van der Waals surface area contributed by atoms with Crippen molar-refractivity contribution in [2.45, 2.75) is 20.8 Å². The topological polar surface area (TPSA) is 73.8 Å². The van der Waals surface area contributed by atoms with Crippen LogP contribution in [0.4, 0.5) is 0 Å². The number of thiophene rings is 1. The lowest BCUT2D eigenvalue weighted by molar-refractivity contribution is -0.114. The number of amides is 1. The number of aryl methyl sites for hydroxylation is 2. The van der Waals surface area contributed by atoms with Gasteiger partial charge in [0.15, 0.2) is 5.84 Å². The predicted molar refractivity (Wildman–Crippen MR) is 128 cm³/mol. The van der Waals surface area contributed by atoms with Gasteiger partial charge in [0.1, 0.15) is 5.04 Å². The molecule has 0 saturated carbocycles. The number of nitrogens with zero attached hydrogens (tertiary/aromatic N) is 4. The Morgan fingerprint density at radius 1 is 1.10 bits per heavy atom. The Balaban J connectivity index is 1.52. The molecule has 0 saturated heterocycles. The minimum absolute atomic E-state index is 0.0502. The van der Waals surface area contributed by atoms with Crippen LogP contribution in [0.25, 0.3) is 11.8 Å². The van der Waals surface area contributed by atoms with Crippen molar-refractivity contribution in [1.29, 1.82) is 5.41 Å². The van der Waals surface area contributed by atoms with Crippen LogP contribution in [0.1, 0.15) is 27.4 Å². The monoisotopic (exact) mass is 445 g/mol. The zero-order chi connectivity index (χ0) is 21.7. The highest BCUT2D eigenvalue weighted by Gasteiger charge is 2.36. The molecule has 1 aromatic carbocycles. The molecule has 0 spiro atoms. The number of aromatic nitrogens is 1. The van der Waals surface area contributed by atoms with E-state index in [2.05, 4.69) is 45.9 Å². The standard InChI is InChI=1S/C23H19N5OS2/c1-13-6-8-17(9-7-13)27-14(2)11-16(15(27)3)12-18-20(24)28-23(25-21(18)29)31-22(26-28)19-5-4-10-30-19/h4-12,24H,1-3H3. The lowest BCUT2D eigenvalue weighted by atomic mass is 10.1. The fourth-order valence-corrected chi connectivity index (χ4v) is 5.36. The van der Waals surface area contributed by atoms with E-state index in [-0.39, 0.29) is 11.4 Å². The third-order valence-corrected chi connectivity index (χ3v) is 7.20. The van der Waals surface area contributed by atoms with Gasteiger partial charge >= 0.3 is 0 Å². The van der Waals surface area contributed by atoms with E-state index in [1.807, 2.05) is 37.4 Å². The van der Waals surface area contributed by atoms with Crippen molar-refractivity contribution in [3.05, 3.63) is 80.8 Å². The van der Waals surface area contributed by atoms with E-state index in [4.69, 9.17) is 5.41 Å². The Kier molecular flexibility index (Phi) is 4.75. The van der Waals surface area contributed by atoms with Gasteiger partial charge in [0.2, 0.25) is 5.17 Å². The van der Waals surface area contributed by atoms with Crippen LogP contribution in [-0.4, -0.2) is 31.5 Å². The van der Waals surface area contributed by atoms with Crippen LogP contribution < -0.4 is 0 Å². The Morgan fingerprint density at radius 3 is 2.58 bits per heavy atom. The molecule has 5 rings (SSSR count). The number of amidine groups is 2. The first-order valence-electron chi connectivity index (χ1n) is 9.72. The summed E-state index contributed by atoms with van der Waals surface area (Å²) in [5.74, 6) is -0.360. The van der Waals surface area contributed by atoms with E-state index in [1.54, 1.807) is 17.4 Å². The number of hydrogen-bond donors (Lipinski definition) is 1. The first kappa shape index (κ1) is 19.7. The van der Waals surface area contributed by atoms with Crippen molar-refractivity contribution in [1.82, 2.24) is 9.58 Å². The van der Waals surface area contributed by atoms with E-state index in [0.717, 1.165) is 32.6 Å². The van der Waals surface area contributed by atoms with E-state index in [1.165, 1.54) is 22.3 Å². The van der Waals surface area contributed by atoms with Gasteiger partial charge in [-0.2, -0.15) is 15.1 Å². The largest absolute Gasteiger partial charge is 0.318 e. The lowest BCUT2D eigenvalue weighted by Crippen LogP contribution is -2.35. The number of carbonyl (C=O) groups is 1. The van der Waals surface area contributed by atoms with Gasteiger partial charge in [-0.1, -0.05) is 23.8 Å². The molecule has 1 amide bonds. The summed E-state index contributed by atoms with van der Waals surface area (Å²) in [4.78, 5) is 18.0. The Labute approximate surface area is 188 Å². The molecule has 154 valence electrons. The summed E-state index contributed by atoms with van der Waals surface area (Å²) in [6, 6.07) is 14.3. The van der Waals surface area contributed by atoms with E-state index in [9.17, 15) is 4.79 Å². The molecule has 2 aromatic heterocycles. The number of benzene rings is 1. The molecule has 0 radical (unpaired) electrons. The van der Waals surface area contributed by atoms with Crippen LogP contribution in [-0.2, 0) is 4.79 Å². The van der Waals surface area contributed by atoms with Gasteiger partial charge in [-0.15, -0.1) is 11.3 Å². The molecular weight excluding hydrogens is 426 g/mol. The molecule has 0 atom stereocenters. The minimum Gasteiger partial charge on any atom is -0.318 e. The number of fused-ring (bicyclic) bond motifs is 1. The number of carbonyl (C=O) groups excluding carboxylic acids is 1. The van der Waals surface area contributed by atoms with Crippen LogP contribution in [0, 0.1) is 26.2 Å². The van der Waals surface area contributed by atoms with E-state index in [0.29, 0.717) is 5.17 Å². The van der Waals surface area contributed by atoms with Crippen molar-refractivity contribution in [2.24, 2.45) is 10.1 Å². The van der Waals surface area contributed by atoms with Gasteiger partial charge in [-0.3, -0.25) is 10.2 Å². The number of thioether (sulfide) groups is 1. The van der Waals surface area contributed by atoms with Crippen molar-refractivity contribution in [3.63, 3.8) is 0 Å². The van der Waals surface area contributed by atoms with Gasteiger partial charge in [0.25, 0.3) is 5.91 Å².